The fourth-order valence-electron chi connectivity index (χ4n) is 4.68. The molecule has 0 bridgehead atoms. The molecule has 0 atom stereocenters. The van der Waals surface area contributed by atoms with E-state index in [4.69, 9.17) is 0 Å². The van der Waals surface area contributed by atoms with Crippen molar-refractivity contribution >= 4 is 27.2 Å². The van der Waals surface area contributed by atoms with E-state index < -0.39 is 0 Å². The smallest absolute Gasteiger partial charge is 0.268 e. The van der Waals surface area contributed by atoms with Gasteiger partial charge >= 0.3 is 0 Å². The number of piperidine rings is 1. The van der Waals surface area contributed by atoms with Crippen LogP contribution in [0.1, 0.15) is 36.2 Å². The summed E-state index contributed by atoms with van der Waals surface area (Å²) in [5.74, 6) is 0.763. The molecule has 28 heavy (non-hydrogen) atoms. The number of fused-ring (bicyclic) bond motifs is 2. The van der Waals surface area contributed by atoms with Gasteiger partial charge in [-0.1, -0.05) is 6.07 Å². The number of nitrogens with zero attached hydrogens (tertiary/aromatic N) is 3. The Morgan fingerprint density at radius 2 is 2.04 bits per heavy atom. The summed E-state index contributed by atoms with van der Waals surface area (Å²) in [4.78, 5) is 24.6. The van der Waals surface area contributed by atoms with Crippen LogP contribution < -0.4 is 10.5 Å². The highest BCUT2D eigenvalue weighted by Gasteiger charge is 2.24. The molecule has 0 radical (unpaired) electrons. The molecule has 0 unspecified atom stereocenters. The second-order valence-corrected chi connectivity index (χ2v) is 9.00. The van der Waals surface area contributed by atoms with Crippen LogP contribution in [-0.2, 0) is 19.4 Å². The van der Waals surface area contributed by atoms with Crippen LogP contribution in [0.2, 0.25) is 0 Å². The van der Waals surface area contributed by atoms with Crippen LogP contribution in [-0.4, -0.2) is 41.0 Å². The number of nitrogens with one attached hydrogen (secondary N) is 1. The zero-order chi connectivity index (χ0) is 19.1. The lowest BCUT2D eigenvalue weighted by Crippen LogP contribution is -2.43. The van der Waals surface area contributed by atoms with Gasteiger partial charge in [0, 0.05) is 24.8 Å². The van der Waals surface area contributed by atoms with Crippen LogP contribution in [0.4, 0.5) is 5.69 Å². The Morgan fingerprint density at radius 3 is 2.89 bits per heavy atom. The van der Waals surface area contributed by atoms with E-state index in [1.165, 1.54) is 36.3 Å². The van der Waals surface area contributed by atoms with Crippen LogP contribution in [0.3, 0.4) is 0 Å². The number of aryl methyl sites for hydroxylation is 2. The summed E-state index contributed by atoms with van der Waals surface area (Å²) >= 11 is 1.45. The summed E-state index contributed by atoms with van der Waals surface area (Å²) in [6.45, 7) is 2.85. The number of anilines is 1. The Balaban J connectivity index is 1.23. The van der Waals surface area contributed by atoms with E-state index in [1.807, 2.05) is 11.4 Å². The zero-order valence-electron chi connectivity index (χ0n) is 16.3. The minimum absolute atomic E-state index is 0.0187. The van der Waals surface area contributed by atoms with E-state index in [0.717, 1.165) is 37.3 Å². The molecule has 5 rings (SSSR count). The van der Waals surface area contributed by atoms with Crippen LogP contribution in [0, 0.1) is 0 Å². The Labute approximate surface area is 169 Å². The van der Waals surface area contributed by atoms with Crippen LogP contribution in [0.15, 0.2) is 34.4 Å². The fourth-order valence-corrected chi connectivity index (χ4v) is 5.41. The summed E-state index contributed by atoms with van der Waals surface area (Å²) in [6.07, 6.45) is 6.06. The third-order valence-electron chi connectivity index (χ3n) is 6.30. The summed E-state index contributed by atoms with van der Waals surface area (Å²) in [5.41, 5.74) is 5.27. The first-order valence-corrected chi connectivity index (χ1v) is 11.1. The molecular formula is C22H26N4OS. The lowest BCUT2D eigenvalue weighted by Gasteiger charge is -2.37. The van der Waals surface area contributed by atoms with Crippen molar-refractivity contribution in [3.8, 4) is 0 Å². The first kappa shape index (κ1) is 17.9. The molecule has 6 heteroatoms. The predicted molar refractivity (Wildman–Crippen MR) is 115 cm³/mol. The highest BCUT2D eigenvalue weighted by molar-refractivity contribution is 7.17. The molecule has 0 saturated carbocycles. The van der Waals surface area contributed by atoms with Crippen molar-refractivity contribution in [1.82, 2.24) is 14.9 Å². The Kier molecular flexibility index (Phi) is 4.69. The SMILES string of the molecule is CN(Cc1nc2ccsc2c(=O)[nH]1)C1CCN(c2ccc3c(c2)CCC3)CC1. The number of aromatic amines is 1. The summed E-state index contributed by atoms with van der Waals surface area (Å²) in [7, 11) is 2.15. The second kappa shape index (κ2) is 7.33. The number of hydrogen-bond donors (Lipinski definition) is 1. The molecule has 0 amide bonds. The summed E-state index contributed by atoms with van der Waals surface area (Å²) in [5, 5.41) is 1.93. The molecule has 3 aromatic rings. The standard InChI is InChI=1S/C22H26N4OS/c1-25(14-20-23-19-9-12-28-21(19)22(27)24-20)17-7-10-26(11-8-17)18-6-5-15-3-2-4-16(15)13-18/h5-6,9,12-13,17H,2-4,7-8,10-11,14H2,1H3,(H,23,24,27). The molecule has 146 valence electrons. The van der Waals surface area contributed by atoms with Gasteiger partial charge in [-0.05, 0) is 73.9 Å². The van der Waals surface area contributed by atoms with Gasteiger partial charge in [0.15, 0.2) is 0 Å². The summed E-state index contributed by atoms with van der Waals surface area (Å²) < 4.78 is 0.717. The Morgan fingerprint density at radius 1 is 1.21 bits per heavy atom. The van der Waals surface area contributed by atoms with E-state index in [-0.39, 0.29) is 5.56 Å². The van der Waals surface area contributed by atoms with Crippen molar-refractivity contribution in [3.63, 3.8) is 0 Å². The molecule has 1 aromatic carbocycles. The normalized spacial score (nSPS) is 17.6. The fraction of sp³-hybridized carbons (Fsp3) is 0.455. The van der Waals surface area contributed by atoms with Crippen molar-refractivity contribution in [2.45, 2.75) is 44.7 Å². The van der Waals surface area contributed by atoms with Gasteiger partial charge < -0.3 is 9.88 Å². The van der Waals surface area contributed by atoms with E-state index in [1.54, 1.807) is 11.1 Å². The van der Waals surface area contributed by atoms with E-state index in [2.05, 4.69) is 45.0 Å². The largest absolute Gasteiger partial charge is 0.371 e. The molecule has 1 aliphatic heterocycles. The van der Waals surface area contributed by atoms with Crippen molar-refractivity contribution in [1.29, 1.82) is 0 Å². The van der Waals surface area contributed by atoms with Gasteiger partial charge in [0.2, 0.25) is 0 Å². The van der Waals surface area contributed by atoms with Crippen molar-refractivity contribution < 1.29 is 0 Å². The van der Waals surface area contributed by atoms with Crippen LogP contribution >= 0.6 is 11.3 Å². The van der Waals surface area contributed by atoms with Crippen molar-refractivity contribution in [3.05, 3.63) is 57.0 Å². The highest BCUT2D eigenvalue weighted by Crippen LogP contribution is 2.29. The molecule has 2 aliphatic rings. The van der Waals surface area contributed by atoms with Crippen LogP contribution in [0.5, 0.6) is 0 Å². The molecule has 0 spiro atoms. The van der Waals surface area contributed by atoms with E-state index >= 15 is 0 Å². The minimum Gasteiger partial charge on any atom is -0.371 e. The third-order valence-corrected chi connectivity index (χ3v) is 7.20. The maximum atomic E-state index is 12.2. The highest BCUT2D eigenvalue weighted by atomic mass is 32.1. The number of benzene rings is 1. The average Bonchev–Trinajstić information content (AvgIpc) is 3.37. The molecule has 1 fully saturated rings. The summed E-state index contributed by atoms with van der Waals surface area (Å²) in [6, 6.07) is 9.50. The molecule has 1 N–H and O–H groups in total. The number of hydrogen-bond acceptors (Lipinski definition) is 5. The van der Waals surface area contributed by atoms with Gasteiger partial charge in [-0.2, -0.15) is 0 Å². The lowest BCUT2D eigenvalue weighted by atomic mass is 10.0. The van der Waals surface area contributed by atoms with Gasteiger partial charge in [-0.15, -0.1) is 11.3 Å². The molecular weight excluding hydrogens is 368 g/mol. The van der Waals surface area contributed by atoms with Gasteiger partial charge in [-0.25, -0.2) is 4.98 Å². The number of thiophene rings is 1. The predicted octanol–water partition coefficient (Wildman–Crippen LogP) is 3.57. The topological polar surface area (TPSA) is 52.2 Å². The van der Waals surface area contributed by atoms with Gasteiger partial charge in [0.05, 0.1) is 12.1 Å². The van der Waals surface area contributed by atoms with E-state index in [9.17, 15) is 4.79 Å². The third kappa shape index (κ3) is 3.35. The maximum absolute atomic E-state index is 12.2. The number of H-pyrrole nitrogens is 1. The second-order valence-electron chi connectivity index (χ2n) is 8.09. The Bertz CT molecular complexity index is 1050. The molecule has 5 nitrogen and oxygen atoms in total. The van der Waals surface area contributed by atoms with Crippen LogP contribution in [0.25, 0.3) is 10.2 Å². The van der Waals surface area contributed by atoms with Gasteiger partial charge in [0.25, 0.3) is 5.56 Å². The van der Waals surface area contributed by atoms with Gasteiger partial charge in [-0.3, -0.25) is 9.69 Å². The van der Waals surface area contributed by atoms with Crippen molar-refractivity contribution in [2.75, 3.05) is 25.0 Å². The molecule has 1 aliphatic carbocycles. The zero-order valence-corrected chi connectivity index (χ0v) is 17.1. The maximum Gasteiger partial charge on any atom is 0.268 e. The van der Waals surface area contributed by atoms with E-state index in [0.29, 0.717) is 17.3 Å². The first-order valence-electron chi connectivity index (χ1n) is 10.2. The number of aromatic nitrogens is 2. The Hall–Kier alpha value is -2.18. The lowest BCUT2D eigenvalue weighted by molar-refractivity contribution is 0.196. The average molecular weight is 395 g/mol. The minimum atomic E-state index is -0.0187. The molecule has 1 saturated heterocycles. The number of rotatable bonds is 4. The molecule has 3 heterocycles. The molecule has 2 aromatic heterocycles. The quantitative estimate of drug-likeness (QED) is 0.735. The first-order chi connectivity index (χ1) is 13.7. The van der Waals surface area contributed by atoms with Crippen molar-refractivity contribution in [2.24, 2.45) is 0 Å². The monoisotopic (exact) mass is 394 g/mol. The van der Waals surface area contributed by atoms with Gasteiger partial charge in [0.1, 0.15) is 10.5 Å².